The van der Waals surface area contributed by atoms with E-state index in [0.717, 1.165) is 18.4 Å². The van der Waals surface area contributed by atoms with Crippen molar-refractivity contribution in [1.82, 2.24) is 10.2 Å². The van der Waals surface area contributed by atoms with Crippen LogP contribution >= 0.6 is 11.6 Å². The summed E-state index contributed by atoms with van der Waals surface area (Å²) in [5.41, 5.74) is 1.36. The zero-order valence-corrected chi connectivity index (χ0v) is 22.7. The lowest BCUT2D eigenvalue weighted by Gasteiger charge is -2.31. The molecule has 0 saturated heterocycles. The van der Waals surface area contributed by atoms with Gasteiger partial charge in [-0.1, -0.05) is 73.5 Å². The minimum atomic E-state index is -0.831. The molecule has 1 atom stereocenters. The SMILES string of the molecule is CCCCNC(=O)[C@H](Cc1ccccc1)N(Cc1ccccc1Cl)C(=O)COc1ccc([N+](=O)[O-])c(OC)c1. The number of carbonyl (C=O) groups is 2. The third-order valence-electron chi connectivity index (χ3n) is 6.11. The second-order valence-corrected chi connectivity index (χ2v) is 9.25. The van der Waals surface area contributed by atoms with Crippen molar-refractivity contribution < 1.29 is 24.0 Å². The molecule has 0 heterocycles. The predicted octanol–water partition coefficient (Wildman–Crippen LogP) is 5.19. The molecular weight excluding hydrogens is 522 g/mol. The van der Waals surface area contributed by atoms with Crippen LogP contribution in [0.4, 0.5) is 5.69 Å². The molecule has 0 saturated carbocycles. The normalized spacial score (nSPS) is 11.4. The first-order valence-corrected chi connectivity index (χ1v) is 13.0. The van der Waals surface area contributed by atoms with Crippen LogP contribution in [0.5, 0.6) is 11.5 Å². The van der Waals surface area contributed by atoms with E-state index < -0.39 is 23.5 Å². The zero-order chi connectivity index (χ0) is 28.2. The Labute approximate surface area is 232 Å². The highest BCUT2D eigenvalue weighted by atomic mass is 35.5. The molecule has 206 valence electrons. The Morgan fingerprint density at radius 1 is 1.08 bits per heavy atom. The van der Waals surface area contributed by atoms with Crippen LogP contribution in [0, 0.1) is 10.1 Å². The van der Waals surface area contributed by atoms with Crippen LogP contribution in [0.25, 0.3) is 0 Å². The summed E-state index contributed by atoms with van der Waals surface area (Å²) in [6.45, 7) is 2.21. The number of hydrogen-bond donors (Lipinski definition) is 1. The van der Waals surface area contributed by atoms with Gasteiger partial charge >= 0.3 is 5.69 Å². The van der Waals surface area contributed by atoms with E-state index in [1.165, 1.54) is 30.2 Å². The van der Waals surface area contributed by atoms with Crippen LogP contribution in [0.15, 0.2) is 72.8 Å². The van der Waals surface area contributed by atoms with Gasteiger partial charge in [0, 0.05) is 36.7 Å². The maximum absolute atomic E-state index is 13.7. The van der Waals surface area contributed by atoms with Crippen molar-refractivity contribution in [2.45, 2.75) is 38.8 Å². The molecule has 3 aromatic carbocycles. The molecule has 3 aromatic rings. The fourth-order valence-corrected chi connectivity index (χ4v) is 4.19. The van der Waals surface area contributed by atoms with E-state index in [1.807, 2.05) is 43.3 Å². The van der Waals surface area contributed by atoms with Crippen LogP contribution in [-0.4, -0.2) is 47.9 Å². The van der Waals surface area contributed by atoms with E-state index in [2.05, 4.69) is 5.32 Å². The first kappa shape index (κ1) is 29.4. The Morgan fingerprint density at radius 2 is 1.79 bits per heavy atom. The molecule has 0 bridgehead atoms. The largest absolute Gasteiger partial charge is 0.490 e. The molecule has 0 aliphatic rings. The molecular formula is C29H32ClN3O6. The van der Waals surface area contributed by atoms with Gasteiger partial charge in [-0.3, -0.25) is 19.7 Å². The number of amides is 2. The maximum Gasteiger partial charge on any atom is 0.311 e. The highest BCUT2D eigenvalue weighted by Gasteiger charge is 2.31. The highest BCUT2D eigenvalue weighted by molar-refractivity contribution is 6.31. The number of halogens is 1. The van der Waals surface area contributed by atoms with Gasteiger partial charge in [0.05, 0.1) is 12.0 Å². The number of methoxy groups -OCH3 is 1. The lowest BCUT2D eigenvalue weighted by Crippen LogP contribution is -2.51. The van der Waals surface area contributed by atoms with Crippen molar-refractivity contribution >= 4 is 29.1 Å². The minimum Gasteiger partial charge on any atom is -0.490 e. The van der Waals surface area contributed by atoms with Crippen molar-refractivity contribution in [2.24, 2.45) is 0 Å². The molecule has 0 unspecified atom stereocenters. The smallest absolute Gasteiger partial charge is 0.311 e. The molecule has 0 spiro atoms. The summed E-state index contributed by atoms with van der Waals surface area (Å²) in [7, 11) is 1.31. The number of ether oxygens (including phenoxy) is 2. The summed E-state index contributed by atoms with van der Waals surface area (Å²) in [6, 6.07) is 19.8. The molecule has 0 aromatic heterocycles. The van der Waals surface area contributed by atoms with Gasteiger partial charge in [0.1, 0.15) is 11.8 Å². The van der Waals surface area contributed by atoms with E-state index in [-0.39, 0.29) is 29.6 Å². The van der Waals surface area contributed by atoms with Crippen LogP contribution in [0.3, 0.4) is 0 Å². The molecule has 3 rings (SSSR count). The van der Waals surface area contributed by atoms with E-state index in [0.29, 0.717) is 23.6 Å². The van der Waals surface area contributed by atoms with Crippen molar-refractivity contribution in [1.29, 1.82) is 0 Å². The van der Waals surface area contributed by atoms with Gasteiger partial charge in [-0.15, -0.1) is 0 Å². The first-order valence-electron chi connectivity index (χ1n) is 12.6. The molecule has 10 heteroatoms. The average molecular weight is 554 g/mol. The summed E-state index contributed by atoms with van der Waals surface area (Å²) in [4.78, 5) is 39.2. The Balaban J connectivity index is 1.91. The summed E-state index contributed by atoms with van der Waals surface area (Å²) in [5.74, 6) is -0.492. The van der Waals surface area contributed by atoms with Crippen molar-refractivity contribution in [3.05, 3.63) is 99.1 Å². The lowest BCUT2D eigenvalue weighted by atomic mass is 10.0. The maximum atomic E-state index is 13.7. The zero-order valence-electron chi connectivity index (χ0n) is 22.0. The Morgan fingerprint density at radius 3 is 2.46 bits per heavy atom. The standard InChI is InChI=1S/C29H32ClN3O6/c1-3-4-16-31-29(35)26(17-21-10-6-5-7-11-21)32(19-22-12-8-9-13-24(22)30)28(34)20-39-23-14-15-25(33(36)37)27(18-23)38-2/h5-15,18,26H,3-4,16-17,19-20H2,1-2H3,(H,31,35)/t26-/m0/s1. The topological polar surface area (TPSA) is 111 Å². The third kappa shape index (κ3) is 8.44. The van der Waals surface area contributed by atoms with Gasteiger partial charge in [-0.05, 0) is 29.7 Å². The van der Waals surface area contributed by atoms with Crippen molar-refractivity contribution in [3.8, 4) is 11.5 Å². The molecule has 0 aliphatic carbocycles. The van der Waals surface area contributed by atoms with Gasteiger partial charge in [0.15, 0.2) is 6.61 Å². The molecule has 9 nitrogen and oxygen atoms in total. The van der Waals surface area contributed by atoms with E-state index in [9.17, 15) is 19.7 Å². The summed E-state index contributed by atoms with van der Waals surface area (Å²) >= 11 is 6.43. The molecule has 0 aliphatic heterocycles. The number of nitrogens with zero attached hydrogens (tertiary/aromatic N) is 2. The van der Waals surface area contributed by atoms with Crippen LogP contribution in [-0.2, 0) is 22.6 Å². The summed E-state index contributed by atoms with van der Waals surface area (Å²) < 4.78 is 10.8. The predicted molar refractivity (Wildman–Crippen MR) is 149 cm³/mol. The van der Waals surface area contributed by atoms with Crippen LogP contribution in [0.2, 0.25) is 5.02 Å². The number of nitrogens with one attached hydrogen (secondary N) is 1. The Hall–Kier alpha value is -4.11. The number of nitro groups is 1. The van der Waals surface area contributed by atoms with Gasteiger partial charge in [-0.2, -0.15) is 0 Å². The second-order valence-electron chi connectivity index (χ2n) is 8.84. The van der Waals surface area contributed by atoms with E-state index in [1.54, 1.807) is 18.2 Å². The average Bonchev–Trinajstić information content (AvgIpc) is 2.94. The first-order chi connectivity index (χ1) is 18.8. The van der Waals surface area contributed by atoms with Gasteiger partial charge in [-0.25, -0.2) is 0 Å². The van der Waals surface area contributed by atoms with Crippen LogP contribution in [0.1, 0.15) is 30.9 Å². The van der Waals surface area contributed by atoms with Gasteiger partial charge < -0.3 is 19.7 Å². The fraction of sp³-hybridized carbons (Fsp3) is 0.310. The fourth-order valence-electron chi connectivity index (χ4n) is 4.00. The number of hydrogen-bond acceptors (Lipinski definition) is 6. The van der Waals surface area contributed by atoms with Gasteiger partial charge in [0.25, 0.3) is 5.91 Å². The van der Waals surface area contributed by atoms with E-state index in [4.69, 9.17) is 21.1 Å². The lowest BCUT2D eigenvalue weighted by molar-refractivity contribution is -0.385. The Kier molecular flexibility index (Phi) is 11.1. The summed E-state index contributed by atoms with van der Waals surface area (Å²) in [5, 5.41) is 14.6. The second kappa shape index (κ2) is 14.7. The number of unbranched alkanes of at least 4 members (excludes halogenated alkanes) is 1. The van der Waals surface area contributed by atoms with Crippen molar-refractivity contribution in [2.75, 3.05) is 20.3 Å². The highest BCUT2D eigenvalue weighted by Crippen LogP contribution is 2.31. The number of carbonyl (C=O) groups excluding carboxylic acids is 2. The minimum absolute atomic E-state index is 0.00938. The monoisotopic (exact) mass is 553 g/mol. The quantitative estimate of drug-likeness (QED) is 0.167. The molecule has 39 heavy (non-hydrogen) atoms. The van der Waals surface area contributed by atoms with Crippen LogP contribution < -0.4 is 14.8 Å². The molecule has 2 amide bonds. The third-order valence-corrected chi connectivity index (χ3v) is 6.48. The van der Waals surface area contributed by atoms with Crippen molar-refractivity contribution in [3.63, 3.8) is 0 Å². The molecule has 0 fully saturated rings. The number of benzene rings is 3. The number of nitro benzene ring substituents is 1. The summed E-state index contributed by atoms with van der Waals surface area (Å²) in [6.07, 6.45) is 2.02. The van der Waals surface area contributed by atoms with E-state index >= 15 is 0 Å². The Bertz CT molecular complexity index is 1270. The van der Waals surface area contributed by atoms with Gasteiger partial charge in [0.2, 0.25) is 11.7 Å². The molecule has 1 N–H and O–H groups in total. The molecule has 0 radical (unpaired) electrons. The number of rotatable bonds is 14.